The fraction of sp³-hybridized carbons (Fsp3) is 0.333. The zero-order chi connectivity index (χ0) is 14.8. The van der Waals surface area contributed by atoms with Gasteiger partial charge in [0.1, 0.15) is 5.75 Å². The van der Waals surface area contributed by atoms with Gasteiger partial charge in [-0.25, -0.2) is 0 Å². The second kappa shape index (κ2) is 5.68. The summed E-state index contributed by atoms with van der Waals surface area (Å²) in [5, 5.41) is 13.3. The van der Waals surface area contributed by atoms with E-state index >= 15 is 0 Å². The number of rotatable bonds is 3. The Hall–Kier alpha value is -2.16. The van der Waals surface area contributed by atoms with Gasteiger partial charge in [0.2, 0.25) is 0 Å². The lowest BCUT2D eigenvalue weighted by molar-refractivity contribution is 0.472. The van der Waals surface area contributed by atoms with Gasteiger partial charge in [-0.05, 0) is 54.7 Å². The highest BCUT2D eigenvalue weighted by Crippen LogP contribution is 2.36. The van der Waals surface area contributed by atoms with E-state index in [1.807, 2.05) is 6.07 Å². The van der Waals surface area contributed by atoms with Gasteiger partial charge in [0.05, 0.1) is 17.4 Å². The smallest absolute Gasteiger partial charge is 0.115 e. The minimum absolute atomic E-state index is 0.315. The van der Waals surface area contributed by atoms with Gasteiger partial charge in [0.15, 0.2) is 0 Å². The summed E-state index contributed by atoms with van der Waals surface area (Å²) in [5.74, 6) is 0.364. The molecule has 2 aromatic rings. The topological polar surface area (TPSA) is 35.5 Å². The number of phenolic OH excluding ortho intramolecular Hbond substituents is 1. The molecule has 3 nitrogen and oxygen atoms in total. The molecule has 3 rings (SSSR count). The van der Waals surface area contributed by atoms with Crippen LogP contribution < -0.4 is 10.2 Å². The number of para-hydroxylation sites is 2. The highest BCUT2D eigenvalue weighted by molar-refractivity contribution is 5.70. The molecule has 0 fully saturated rings. The largest absolute Gasteiger partial charge is 0.508 e. The fourth-order valence-electron chi connectivity index (χ4n) is 3.12. The average Bonchev–Trinajstić information content (AvgIpc) is 2.47. The molecular formula is C18H22N2O. The van der Waals surface area contributed by atoms with Crippen LogP contribution in [0.4, 0.5) is 11.4 Å². The van der Waals surface area contributed by atoms with Crippen LogP contribution in [-0.4, -0.2) is 19.2 Å². The monoisotopic (exact) mass is 282 g/mol. The summed E-state index contributed by atoms with van der Waals surface area (Å²) in [6, 6.07) is 14.4. The number of fused-ring (bicyclic) bond motifs is 1. The van der Waals surface area contributed by atoms with Gasteiger partial charge in [-0.2, -0.15) is 0 Å². The van der Waals surface area contributed by atoms with E-state index in [-0.39, 0.29) is 0 Å². The van der Waals surface area contributed by atoms with Gasteiger partial charge >= 0.3 is 0 Å². The summed E-state index contributed by atoms with van der Waals surface area (Å²) >= 11 is 0. The van der Waals surface area contributed by atoms with Crippen molar-refractivity contribution in [1.29, 1.82) is 0 Å². The molecule has 0 aromatic heterocycles. The molecule has 0 heterocycles. The molecule has 0 saturated heterocycles. The van der Waals surface area contributed by atoms with E-state index in [0.29, 0.717) is 11.8 Å². The number of aryl methyl sites for hydroxylation is 1. The van der Waals surface area contributed by atoms with Crippen LogP contribution in [0.3, 0.4) is 0 Å². The van der Waals surface area contributed by atoms with Gasteiger partial charge in [0, 0.05) is 14.1 Å². The minimum Gasteiger partial charge on any atom is -0.508 e. The third kappa shape index (κ3) is 2.82. The van der Waals surface area contributed by atoms with Crippen LogP contribution in [0.15, 0.2) is 42.5 Å². The first-order chi connectivity index (χ1) is 10.1. The molecule has 1 atom stereocenters. The molecule has 0 aliphatic heterocycles. The summed E-state index contributed by atoms with van der Waals surface area (Å²) in [6.07, 6.45) is 3.33. The van der Waals surface area contributed by atoms with Crippen LogP contribution in [-0.2, 0) is 6.42 Å². The van der Waals surface area contributed by atoms with Crippen molar-refractivity contribution in [3.05, 3.63) is 53.6 Å². The molecule has 1 aliphatic carbocycles. The quantitative estimate of drug-likeness (QED) is 0.895. The third-order valence-corrected chi connectivity index (χ3v) is 4.16. The maximum atomic E-state index is 9.65. The summed E-state index contributed by atoms with van der Waals surface area (Å²) < 4.78 is 0. The van der Waals surface area contributed by atoms with Crippen LogP contribution in [0.25, 0.3) is 0 Å². The Bertz CT molecular complexity index is 637. The van der Waals surface area contributed by atoms with Crippen molar-refractivity contribution in [3.63, 3.8) is 0 Å². The Balaban J connectivity index is 1.91. The Labute approximate surface area is 126 Å². The lowest BCUT2D eigenvalue weighted by Crippen LogP contribution is -2.19. The molecule has 21 heavy (non-hydrogen) atoms. The SMILES string of the molecule is CN(C)c1ccccc1NC1CCCc2cc(O)ccc21. The summed E-state index contributed by atoms with van der Waals surface area (Å²) in [7, 11) is 4.13. The second-order valence-corrected chi connectivity index (χ2v) is 5.88. The van der Waals surface area contributed by atoms with Crippen LogP contribution in [0.2, 0.25) is 0 Å². The highest BCUT2D eigenvalue weighted by Gasteiger charge is 2.21. The Morgan fingerprint density at radius 3 is 2.76 bits per heavy atom. The summed E-state index contributed by atoms with van der Waals surface area (Å²) in [6.45, 7) is 0. The number of aromatic hydroxyl groups is 1. The molecule has 3 heteroatoms. The van der Waals surface area contributed by atoms with Crippen LogP contribution in [0, 0.1) is 0 Å². The van der Waals surface area contributed by atoms with Crippen LogP contribution >= 0.6 is 0 Å². The number of anilines is 2. The Morgan fingerprint density at radius 1 is 1.14 bits per heavy atom. The van der Waals surface area contributed by atoms with Crippen molar-refractivity contribution in [3.8, 4) is 5.75 Å². The average molecular weight is 282 g/mol. The number of hydrogen-bond acceptors (Lipinski definition) is 3. The molecular weight excluding hydrogens is 260 g/mol. The van der Waals surface area contributed by atoms with Crippen LogP contribution in [0.5, 0.6) is 5.75 Å². The summed E-state index contributed by atoms with van der Waals surface area (Å²) in [4.78, 5) is 2.13. The Kier molecular flexibility index (Phi) is 3.74. The fourth-order valence-corrected chi connectivity index (χ4v) is 3.12. The maximum absolute atomic E-state index is 9.65. The van der Waals surface area contributed by atoms with Crippen molar-refractivity contribution in [2.75, 3.05) is 24.3 Å². The van der Waals surface area contributed by atoms with Gasteiger partial charge < -0.3 is 15.3 Å². The summed E-state index contributed by atoms with van der Waals surface area (Å²) in [5.41, 5.74) is 4.94. The number of nitrogens with one attached hydrogen (secondary N) is 1. The molecule has 1 unspecified atom stereocenters. The number of benzene rings is 2. The lowest BCUT2D eigenvalue weighted by Gasteiger charge is -2.29. The van der Waals surface area contributed by atoms with E-state index in [4.69, 9.17) is 0 Å². The van der Waals surface area contributed by atoms with Gasteiger partial charge in [-0.15, -0.1) is 0 Å². The van der Waals surface area contributed by atoms with Crippen molar-refractivity contribution in [2.24, 2.45) is 0 Å². The van der Waals surface area contributed by atoms with Gasteiger partial charge in [0.25, 0.3) is 0 Å². The van der Waals surface area contributed by atoms with Crippen molar-refractivity contribution < 1.29 is 5.11 Å². The van der Waals surface area contributed by atoms with Crippen molar-refractivity contribution in [2.45, 2.75) is 25.3 Å². The standard InChI is InChI=1S/C18H22N2O/c1-20(2)18-9-4-3-7-17(18)19-16-8-5-6-13-12-14(21)10-11-15(13)16/h3-4,7,9-12,16,19,21H,5-6,8H2,1-2H3. The van der Waals surface area contributed by atoms with Crippen molar-refractivity contribution in [1.82, 2.24) is 0 Å². The molecule has 0 bridgehead atoms. The molecule has 0 saturated carbocycles. The molecule has 0 radical (unpaired) electrons. The van der Waals surface area contributed by atoms with E-state index < -0.39 is 0 Å². The zero-order valence-corrected chi connectivity index (χ0v) is 12.6. The first kappa shape index (κ1) is 13.8. The van der Waals surface area contributed by atoms with Gasteiger partial charge in [-0.3, -0.25) is 0 Å². The minimum atomic E-state index is 0.315. The zero-order valence-electron chi connectivity index (χ0n) is 12.6. The van der Waals surface area contributed by atoms with E-state index in [1.54, 1.807) is 6.07 Å². The predicted octanol–water partition coefficient (Wildman–Crippen LogP) is 3.95. The molecule has 110 valence electrons. The maximum Gasteiger partial charge on any atom is 0.115 e. The van der Waals surface area contributed by atoms with E-state index in [1.165, 1.54) is 16.8 Å². The second-order valence-electron chi connectivity index (χ2n) is 5.88. The molecule has 2 aromatic carbocycles. The first-order valence-corrected chi connectivity index (χ1v) is 7.50. The van der Waals surface area contributed by atoms with Gasteiger partial charge in [-0.1, -0.05) is 18.2 Å². The number of hydrogen-bond donors (Lipinski definition) is 2. The molecule has 0 spiro atoms. The van der Waals surface area contributed by atoms with E-state index in [2.05, 4.69) is 54.6 Å². The molecule has 2 N–H and O–H groups in total. The third-order valence-electron chi connectivity index (χ3n) is 4.16. The van der Waals surface area contributed by atoms with Crippen LogP contribution in [0.1, 0.15) is 30.0 Å². The normalized spacial score (nSPS) is 17.1. The predicted molar refractivity (Wildman–Crippen MR) is 88.2 cm³/mol. The molecule has 1 aliphatic rings. The van der Waals surface area contributed by atoms with E-state index in [9.17, 15) is 5.11 Å². The lowest BCUT2D eigenvalue weighted by atomic mass is 9.87. The molecule has 0 amide bonds. The van der Waals surface area contributed by atoms with E-state index in [0.717, 1.165) is 24.9 Å². The van der Waals surface area contributed by atoms with Crippen molar-refractivity contribution >= 4 is 11.4 Å². The highest BCUT2D eigenvalue weighted by atomic mass is 16.3. The number of nitrogens with zero attached hydrogens (tertiary/aromatic N) is 1. The number of phenols is 1. The Morgan fingerprint density at radius 2 is 1.95 bits per heavy atom. The first-order valence-electron chi connectivity index (χ1n) is 7.50.